The second-order valence-electron chi connectivity index (χ2n) is 5.83. The van der Waals surface area contributed by atoms with Crippen LogP contribution < -0.4 is 0 Å². The van der Waals surface area contributed by atoms with Gasteiger partial charge in [0, 0.05) is 22.2 Å². The van der Waals surface area contributed by atoms with Crippen LogP contribution in [0.3, 0.4) is 0 Å². The van der Waals surface area contributed by atoms with Crippen molar-refractivity contribution in [2.45, 2.75) is 13.8 Å². The first-order valence-electron chi connectivity index (χ1n) is 7.86. The monoisotopic (exact) mass is 412 g/mol. The Balaban J connectivity index is 0.000000187. The Morgan fingerprint density at radius 3 is 1.37 bits per heavy atom. The molecule has 4 nitrogen and oxygen atoms in total. The second kappa shape index (κ2) is 8.93. The van der Waals surface area contributed by atoms with Gasteiger partial charge >= 0.3 is 23.1 Å². The van der Waals surface area contributed by atoms with E-state index in [-0.39, 0.29) is 34.6 Å². The standard InChI is InChI=1S/2C10H8ClNO.Mg.2H/c2*1-6-2-3-7-8(11)4-5-9(13)10(7)12-6;;;/h2*2-5,13H,1H3;;;. The number of aromatic hydroxyl groups is 2. The van der Waals surface area contributed by atoms with Crippen molar-refractivity contribution in [2.75, 3.05) is 0 Å². The summed E-state index contributed by atoms with van der Waals surface area (Å²) in [6.07, 6.45) is 0. The smallest absolute Gasteiger partial charge is 0.316 e. The molecule has 7 heteroatoms. The molecule has 0 aliphatic rings. The molecule has 0 aliphatic heterocycles. The Kier molecular flexibility index (Phi) is 7.11. The average molecular weight is 414 g/mol. The predicted octanol–water partition coefficient (Wildman–Crippen LogP) is 4.89. The predicted molar refractivity (Wildman–Crippen MR) is 115 cm³/mol. The highest BCUT2D eigenvalue weighted by Crippen LogP contribution is 2.29. The van der Waals surface area contributed by atoms with Crippen molar-refractivity contribution < 1.29 is 10.2 Å². The third kappa shape index (κ3) is 4.74. The molecule has 0 fully saturated rings. The highest BCUT2D eigenvalue weighted by Gasteiger charge is 2.05. The van der Waals surface area contributed by atoms with Gasteiger partial charge in [-0.05, 0) is 62.4 Å². The Labute approximate surface area is 182 Å². The van der Waals surface area contributed by atoms with Gasteiger partial charge in [-0.1, -0.05) is 23.2 Å². The van der Waals surface area contributed by atoms with E-state index in [9.17, 15) is 10.2 Å². The van der Waals surface area contributed by atoms with Crippen LogP contribution in [-0.4, -0.2) is 43.2 Å². The van der Waals surface area contributed by atoms with Gasteiger partial charge in [0.1, 0.15) is 22.5 Å². The highest BCUT2D eigenvalue weighted by atomic mass is 35.5. The van der Waals surface area contributed by atoms with Gasteiger partial charge < -0.3 is 10.2 Å². The molecule has 0 radical (unpaired) electrons. The summed E-state index contributed by atoms with van der Waals surface area (Å²) in [5, 5.41) is 21.8. The number of aromatic nitrogens is 2. The maximum atomic E-state index is 9.50. The van der Waals surface area contributed by atoms with E-state index in [1.54, 1.807) is 24.3 Å². The van der Waals surface area contributed by atoms with Crippen molar-refractivity contribution >= 4 is 68.1 Å². The molecule has 0 amide bonds. The number of phenols is 2. The third-order valence-electron chi connectivity index (χ3n) is 3.84. The topological polar surface area (TPSA) is 66.2 Å². The van der Waals surface area contributed by atoms with Crippen LogP contribution in [0.1, 0.15) is 11.4 Å². The summed E-state index contributed by atoms with van der Waals surface area (Å²) in [6.45, 7) is 3.75. The van der Waals surface area contributed by atoms with E-state index >= 15 is 0 Å². The minimum atomic E-state index is 0. The van der Waals surface area contributed by atoms with E-state index in [1.807, 2.05) is 38.1 Å². The molecular weight excluding hydrogens is 395 g/mol. The number of halogens is 2. The molecule has 0 bridgehead atoms. The lowest BCUT2D eigenvalue weighted by Crippen LogP contribution is -1.84. The number of aryl methyl sites for hydroxylation is 2. The maximum absolute atomic E-state index is 9.50. The first-order valence-corrected chi connectivity index (χ1v) is 8.62. The van der Waals surface area contributed by atoms with Crippen molar-refractivity contribution in [1.29, 1.82) is 0 Å². The summed E-state index contributed by atoms with van der Waals surface area (Å²) < 4.78 is 0. The molecule has 0 aliphatic carbocycles. The van der Waals surface area contributed by atoms with Gasteiger partial charge in [-0.2, -0.15) is 0 Å². The highest BCUT2D eigenvalue weighted by molar-refractivity contribution is 6.36. The van der Waals surface area contributed by atoms with Gasteiger partial charge in [0.05, 0.1) is 10.0 Å². The van der Waals surface area contributed by atoms with E-state index in [0.29, 0.717) is 21.1 Å². The summed E-state index contributed by atoms with van der Waals surface area (Å²) in [5.41, 5.74) is 2.86. The Bertz CT molecular complexity index is 1030. The van der Waals surface area contributed by atoms with Crippen molar-refractivity contribution in [3.63, 3.8) is 0 Å². The fraction of sp³-hybridized carbons (Fsp3) is 0.100. The SMILES string of the molecule is Cc1ccc2c(Cl)ccc(O)c2n1.Cc1ccc2c(Cl)ccc(O)c2n1.[MgH2]. The maximum Gasteiger partial charge on any atom is 0.316 e. The van der Waals surface area contributed by atoms with Crippen molar-refractivity contribution in [3.05, 3.63) is 70.0 Å². The second-order valence-corrected chi connectivity index (χ2v) is 6.65. The van der Waals surface area contributed by atoms with E-state index in [0.717, 1.165) is 22.2 Å². The lowest BCUT2D eigenvalue weighted by atomic mass is 10.2. The molecule has 2 aromatic heterocycles. The minimum absolute atomic E-state index is 0. The van der Waals surface area contributed by atoms with E-state index in [2.05, 4.69) is 9.97 Å². The Hall–Kier alpha value is -1.79. The van der Waals surface area contributed by atoms with E-state index in [1.165, 1.54) is 0 Å². The molecule has 0 unspecified atom stereocenters. The Morgan fingerprint density at radius 2 is 1.00 bits per heavy atom. The number of hydrogen-bond acceptors (Lipinski definition) is 4. The molecule has 136 valence electrons. The number of hydrogen-bond donors (Lipinski definition) is 2. The van der Waals surface area contributed by atoms with Crippen molar-refractivity contribution in [2.24, 2.45) is 0 Å². The van der Waals surface area contributed by atoms with Gasteiger partial charge in [-0.15, -0.1) is 0 Å². The number of rotatable bonds is 0. The lowest BCUT2D eigenvalue weighted by Gasteiger charge is -2.02. The molecule has 4 rings (SSSR count). The first-order chi connectivity index (χ1) is 12.4. The summed E-state index contributed by atoms with van der Waals surface area (Å²) in [5.74, 6) is 0.339. The number of phenolic OH excluding ortho intramolecular Hbond substituents is 2. The van der Waals surface area contributed by atoms with E-state index < -0.39 is 0 Å². The number of nitrogens with zero attached hydrogens (tertiary/aromatic N) is 2. The third-order valence-corrected chi connectivity index (χ3v) is 4.50. The molecule has 0 atom stereocenters. The minimum Gasteiger partial charge on any atom is -0.506 e. The van der Waals surface area contributed by atoms with Gasteiger partial charge in [0.15, 0.2) is 0 Å². The molecule has 2 N–H and O–H groups in total. The Morgan fingerprint density at radius 1 is 0.630 bits per heavy atom. The van der Waals surface area contributed by atoms with Crippen LogP contribution in [0, 0.1) is 13.8 Å². The average Bonchev–Trinajstić information content (AvgIpc) is 2.62. The van der Waals surface area contributed by atoms with Crippen LogP contribution in [-0.2, 0) is 0 Å². The summed E-state index contributed by atoms with van der Waals surface area (Å²) in [7, 11) is 0. The zero-order valence-electron chi connectivity index (χ0n) is 14.2. The van der Waals surface area contributed by atoms with Crippen molar-refractivity contribution in [1.82, 2.24) is 9.97 Å². The van der Waals surface area contributed by atoms with Gasteiger partial charge in [0.2, 0.25) is 0 Å². The fourth-order valence-electron chi connectivity index (χ4n) is 2.53. The molecule has 0 spiro atoms. The quantitative estimate of drug-likeness (QED) is 0.403. The largest absolute Gasteiger partial charge is 0.506 e. The normalized spacial score (nSPS) is 10.2. The molecule has 0 saturated heterocycles. The lowest BCUT2D eigenvalue weighted by molar-refractivity contribution is 0.480. The first kappa shape index (κ1) is 21.5. The summed E-state index contributed by atoms with van der Waals surface area (Å²) >= 11 is 11.9. The van der Waals surface area contributed by atoms with Crippen LogP contribution in [0.15, 0.2) is 48.5 Å². The zero-order valence-corrected chi connectivity index (χ0v) is 15.7. The number of pyridine rings is 2. The van der Waals surface area contributed by atoms with Gasteiger partial charge in [0.25, 0.3) is 0 Å². The van der Waals surface area contributed by atoms with Crippen LogP contribution in [0.2, 0.25) is 10.0 Å². The number of fused-ring (bicyclic) bond motifs is 2. The van der Waals surface area contributed by atoms with Crippen LogP contribution >= 0.6 is 23.2 Å². The zero-order chi connectivity index (χ0) is 18.8. The molecule has 2 aromatic carbocycles. The van der Waals surface area contributed by atoms with Crippen molar-refractivity contribution in [3.8, 4) is 11.5 Å². The van der Waals surface area contributed by atoms with E-state index in [4.69, 9.17) is 23.2 Å². The molecule has 27 heavy (non-hydrogen) atoms. The van der Waals surface area contributed by atoms with Gasteiger partial charge in [-0.25, -0.2) is 9.97 Å². The molecule has 4 aromatic rings. The molecular formula is C20H18Cl2MgN2O2. The fourth-order valence-corrected chi connectivity index (χ4v) is 2.96. The van der Waals surface area contributed by atoms with Crippen LogP contribution in [0.4, 0.5) is 0 Å². The summed E-state index contributed by atoms with van der Waals surface area (Å²) in [4.78, 5) is 8.40. The molecule has 2 heterocycles. The van der Waals surface area contributed by atoms with Gasteiger partial charge in [-0.3, -0.25) is 0 Å². The van der Waals surface area contributed by atoms with Crippen LogP contribution in [0.5, 0.6) is 11.5 Å². The number of benzene rings is 2. The molecule has 0 saturated carbocycles. The summed E-state index contributed by atoms with van der Waals surface area (Å²) in [6, 6.07) is 13.9. The van der Waals surface area contributed by atoms with Crippen LogP contribution in [0.25, 0.3) is 21.8 Å².